The van der Waals surface area contributed by atoms with E-state index in [-0.39, 0.29) is 0 Å². The first kappa shape index (κ1) is 8.48. The zero-order valence-electron chi connectivity index (χ0n) is 7.54. The van der Waals surface area contributed by atoms with Crippen LogP contribution in [0.4, 0.5) is 0 Å². The van der Waals surface area contributed by atoms with Crippen molar-refractivity contribution in [3.8, 4) is 0 Å². The Bertz CT molecular complexity index is 145. The molecule has 3 nitrogen and oxygen atoms in total. The molecule has 2 N–H and O–H groups in total. The zero-order valence-corrected chi connectivity index (χ0v) is 7.54. The minimum absolute atomic E-state index is 0.402. The molecule has 0 aliphatic carbocycles. The molecule has 0 saturated carbocycles. The highest BCUT2D eigenvalue weighted by Crippen LogP contribution is 2.17. The Morgan fingerprint density at radius 3 is 2.92 bits per heavy atom. The molecule has 12 heavy (non-hydrogen) atoms. The number of hydrogen-bond acceptors (Lipinski definition) is 3. The van der Waals surface area contributed by atoms with Crippen LogP contribution in [0.1, 0.15) is 19.3 Å². The van der Waals surface area contributed by atoms with Gasteiger partial charge in [-0.3, -0.25) is 4.90 Å². The molecular weight excluding hydrogens is 152 g/mol. The normalized spacial score (nSPS) is 38.8. The van der Waals surface area contributed by atoms with Crippen LogP contribution >= 0.6 is 0 Å². The van der Waals surface area contributed by atoms with E-state index in [2.05, 4.69) is 4.90 Å². The molecule has 0 aromatic carbocycles. The first-order valence-electron chi connectivity index (χ1n) is 4.93. The maximum Gasteiger partial charge on any atom is 0.0622 e. The summed E-state index contributed by atoms with van der Waals surface area (Å²) in [6, 6.07) is 1.07. The molecule has 2 unspecified atom stereocenters. The minimum Gasteiger partial charge on any atom is -0.380 e. The van der Waals surface area contributed by atoms with Crippen LogP contribution in [0.25, 0.3) is 0 Å². The van der Waals surface area contributed by atoms with Crippen LogP contribution in [0.5, 0.6) is 0 Å². The Hall–Kier alpha value is -0.120. The third kappa shape index (κ3) is 1.79. The zero-order chi connectivity index (χ0) is 8.39. The van der Waals surface area contributed by atoms with Gasteiger partial charge in [-0.1, -0.05) is 0 Å². The van der Waals surface area contributed by atoms with Gasteiger partial charge < -0.3 is 10.5 Å². The molecule has 3 heteroatoms. The van der Waals surface area contributed by atoms with Crippen LogP contribution in [0, 0.1) is 0 Å². The molecule has 0 radical (unpaired) electrons. The van der Waals surface area contributed by atoms with Crippen molar-refractivity contribution in [2.24, 2.45) is 5.73 Å². The summed E-state index contributed by atoms with van der Waals surface area (Å²) in [5, 5.41) is 0. The lowest BCUT2D eigenvalue weighted by Crippen LogP contribution is -2.47. The van der Waals surface area contributed by atoms with Gasteiger partial charge in [0.1, 0.15) is 0 Å². The topological polar surface area (TPSA) is 38.5 Å². The van der Waals surface area contributed by atoms with Gasteiger partial charge in [0.2, 0.25) is 0 Å². The number of nitrogens with zero attached hydrogens (tertiary/aromatic N) is 1. The van der Waals surface area contributed by atoms with Crippen molar-refractivity contribution in [3.05, 3.63) is 0 Å². The third-order valence-corrected chi connectivity index (χ3v) is 2.91. The van der Waals surface area contributed by atoms with Gasteiger partial charge in [-0.15, -0.1) is 0 Å². The number of hydrogen-bond donors (Lipinski definition) is 1. The van der Waals surface area contributed by atoms with Crippen molar-refractivity contribution in [1.82, 2.24) is 4.90 Å². The molecule has 2 aliphatic rings. The standard InChI is InChI=1S/C9H18N2O/c10-8-2-1-4-11(6-8)9-3-5-12-7-9/h8-9H,1-7,10H2. The van der Waals surface area contributed by atoms with Crippen LogP contribution in [0.15, 0.2) is 0 Å². The molecule has 2 fully saturated rings. The predicted octanol–water partition coefficient (Wildman–Crippen LogP) is 0.198. The monoisotopic (exact) mass is 170 g/mol. The van der Waals surface area contributed by atoms with Gasteiger partial charge in [-0.05, 0) is 25.8 Å². The Kier molecular flexibility index (Phi) is 2.63. The summed E-state index contributed by atoms with van der Waals surface area (Å²) >= 11 is 0. The van der Waals surface area contributed by atoms with E-state index in [0.29, 0.717) is 12.1 Å². The quantitative estimate of drug-likeness (QED) is 0.611. The highest BCUT2D eigenvalue weighted by atomic mass is 16.5. The molecule has 70 valence electrons. The van der Waals surface area contributed by atoms with Crippen molar-refractivity contribution in [2.75, 3.05) is 26.3 Å². The summed E-state index contributed by atoms with van der Waals surface area (Å²) in [5.74, 6) is 0. The first-order chi connectivity index (χ1) is 5.86. The average Bonchev–Trinajstić information content (AvgIpc) is 2.56. The van der Waals surface area contributed by atoms with Gasteiger partial charge in [0, 0.05) is 25.2 Å². The fraction of sp³-hybridized carbons (Fsp3) is 1.00. The Labute approximate surface area is 73.9 Å². The van der Waals surface area contributed by atoms with Crippen LogP contribution in [0.2, 0.25) is 0 Å². The van der Waals surface area contributed by atoms with Crippen LogP contribution < -0.4 is 5.73 Å². The van der Waals surface area contributed by atoms with E-state index in [1.807, 2.05) is 0 Å². The molecule has 2 heterocycles. The van der Waals surface area contributed by atoms with Gasteiger partial charge in [0.15, 0.2) is 0 Å². The number of piperidine rings is 1. The predicted molar refractivity (Wildman–Crippen MR) is 48.0 cm³/mol. The Morgan fingerprint density at radius 1 is 1.33 bits per heavy atom. The maximum absolute atomic E-state index is 5.91. The molecule has 2 saturated heterocycles. The van der Waals surface area contributed by atoms with Crippen molar-refractivity contribution in [1.29, 1.82) is 0 Å². The molecular formula is C9H18N2O. The van der Waals surface area contributed by atoms with E-state index in [9.17, 15) is 0 Å². The molecule has 0 amide bonds. The van der Waals surface area contributed by atoms with Crippen molar-refractivity contribution in [3.63, 3.8) is 0 Å². The Balaban J connectivity index is 1.85. The summed E-state index contributed by atoms with van der Waals surface area (Å²) in [6.45, 7) is 4.17. The maximum atomic E-state index is 5.91. The van der Waals surface area contributed by atoms with Crippen molar-refractivity contribution in [2.45, 2.75) is 31.3 Å². The highest BCUT2D eigenvalue weighted by molar-refractivity contribution is 4.82. The average molecular weight is 170 g/mol. The smallest absolute Gasteiger partial charge is 0.0622 e. The SMILES string of the molecule is NC1CCCN(C2CCOC2)C1. The van der Waals surface area contributed by atoms with E-state index in [1.165, 1.54) is 25.8 Å². The Morgan fingerprint density at radius 2 is 2.25 bits per heavy atom. The van der Waals surface area contributed by atoms with E-state index >= 15 is 0 Å². The van der Waals surface area contributed by atoms with Crippen LogP contribution in [-0.2, 0) is 4.74 Å². The van der Waals surface area contributed by atoms with Crippen LogP contribution in [0.3, 0.4) is 0 Å². The number of nitrogens with two attached hydrogens (primary N) is 1. The molecule has 0 aromatic rings. The third-order valence-electron chi connectivity index (χ3n) is 2.91. The molecule has 0 spiro atoms. The summed E-state index contributed by atoms with van der Waals surface area (Å²) in [6.07, 6.45) is 3.66. The number of ether oxygens (including phenoxy) is 1. The number of likely N-dealkylation sites (tertiary alicyclic amines) is 1. The molecule has 2 aliphatic heterocycles. The second-order valence-electron chi connectivity index (χ2n) is 3.91. The van der Waals surface area contributed by atoms with Gasteiger partial charge in [0.25, 0.3) is 0 Å². The van der Waals surface area contributed by atoms with Crippen LogP contribution in [-0.4, -0.2) is 43.3 Å². The van der Waals surface area contributed by atoms with E-state index in [4.69, 9.17) is 10.5 Å². The first-order valence-corrected chi connectivity index (χ1v) is 4.93. The lowest BCUT2D eigenvalue weighted by molar-refractivity contribution is 0.120. The molecule has 2 rings (SSSR count). The van der Waals surface area contributed by atoms with Gasteiger partial charge in [-0.2, -0.15) is 0 Å². The molecule has 2 atom stereocenters. The summed E-state index contributed by atoms with van der Waals surface area (Å²) in [7, 11) is 0. The van der Waals surface area contributed by atoms with E-state index in [0.717, 1.165) is 19.8 Å². The molecule has 0 aromatic heterocycles. The van der Waals surface area contributed by atoms with Crippen molar-refractivity contribution < 1.29 is 4.74 Å². The summed E-state index contributed by atoms with van der Waals surface area (Å²) < 4.78 is 5.36. The summed E-state index contributed by atoms with van der Waals surface area (Å²) in [5.41, 5.74) is 5.91. The van der Waals surface area contributed by atoms with Gasteiger partial charge in [-0.25, -0.2) is 0 Å². The summed E-state index contributed by atoms with van der Waals surface area (Å²) in [4.78, 5) is 2.50. The molecule has 0 bridgehead atoms. The second-order valence-corrected chi connectivity index (χ2v) is 3.91. The second kappa shape index (κ2) is 3.73. The minimum atomic E-state index is 0.402. The highest BCUT2D eigenvalue weighted by Gasteiger charge is 2.26. The lowest BCUT2D eigenvalue weighted by Gasteiger charge is -2.34. The van der Waals surface area contributed by atoms with Gasteiger partial charge in [0.05, 0.1) is 6.61 Å². The lowest BCUT2D eigenvalue weighted by atomic mass is 10.0. The van der Waals surface area contributed by atoms with E-state index < -0.39 is 0 Å². The number of rotatable bonds is 1. The van der Waals surface area contributed by atoms with E-state index in [1.54, 1.807) is 0 Å². The van der Waals surface area contributed by atoms with Gasteiger partial charge >= 0.3 is 0 Å². The fourth-order valence-corrected chi connectivity index (χ4v) is 2.18. The van der Waals surface area contributed by atoms with Crippen molar-refractivity contribution >= 4 is 0 Å². The largest absolute Gasteiger partial charge is 0.380 e. The fourth-order valence-electron chi connectivity index (χ4n) is 2.18.